The summed E-state index contributed by atoms with van der Waals surface area (Å²) in [7, 11) is 0. The molecule has 2 saturated heterocycles. The van der Waals surface area contributed by atoms with E-state index in [0.29, 0.717) is 17.7 Å². The van der Waals surface area contributed by atoms with Gasteiger partial charge in [0.1, 0.15) is 5.75 Å². The Morgan fingerprint density at radius 2 is 1.58 bits per heavy atom. The van der Waals surface area contributed by atoms with Gasteiger partial charge in [0.05, 0.1) is 0 Å². The molecular formula is C25H35Cl2N3O. The second-order valence-electron chi connectivity index (χ2n) is 8.90. The standard InChI is InChI=1S/C25H33N3O.2ClH/c29-25-10-4-8-21-22-9-5-13-28(24(22)12-11-23(21)25)19-16-26-14-17-27(18-15-26)20-6-2-1-3-7-20;;/h1-4,6-8,10,22,24,29H,5,9,11-19H2;2*1H/t22-,24-;;/m0../s1. The van der Waals surface area contributed by atoms with E-state index in [0.717, 1.165) is 32.6 Å². The van der Waals surface area contributed by atoms with Crippen LogP contribution in [0.1, 0.15) is 36.3 Å². The molecule has 2 atom stereocenters. The first-order valence-corrected chi connectivity index (χ1v) is 11.4. The SMILES string of the molecule is Cl.Cl.Oc1cccc2c1CC[C@H]1[C@H]2CCCN1CCN1CCN(c2ccccc2)CC1. The molecule has 170 valence electrons. The molecule has 0 radical (unpaired) electrons. The average Bonchev–Trinajstić information content (AvgIpc) is 2.79. The normalized spacial score (nSPS) is 23.8. The molecule has 2 fully saturated rings. The van der Waals surface area contributed by atoms with E-state index in [1.807, 2.05) is 12.1 Å². The van der Waals surface area contributed by atoms with Gasteiger partial charge >= 0.3 is 0 Å². The number of piperidine rings is 1. The number of hydrogen-bond donors (Lipinski definition) is 1. The Bertz CT molecular complexity index is 827. The Morgan fingerprint density at radius 3 is 2.35 bits per heavy atom. The largest absolute Gasteiger partial charge is 0.508 e. The zero-order valence-electron chi connectivity index (χ0n) is 18.2. The molecule has 2 aromatic rings. The van der Waals surface area contributed by atoms with Crippen LogP contribution in [-0.4, -0.2) is 66.8 Å². The van der Waals surface area contributed by atoms with E-state index in [1.165, 1.54) is 55.7 Å². The minimum absolute atomic E-state index is 0. The summed E-state index contributed by atoms with van der Waals surface area (Å²) in [6, 6.07) is 17.6. The number of benzene rings is 2. The van der Waals surface area contributed by atoms with Crippen molar-refractivity contribution in [2.75, 3.05) is 50.7 Å². The maximum atomic E-state index is 10.3. The highest BCUT2D eigenvalue weighted by atomic mass is 35.5. The van der Waals surface area contributed by atoms with Gasteiger partial charge in [0.25, 0.3) is 0 Å². The highest BCUT2D eigenvalue weighted by Crippen LogP contribution is 2.43. The Hall–Kier alpha value is -1.46. The number of halogens is 2. The molecule has 0 aromatic heterocycles. The number of phenolic OH excluding ortho intramolecular Hbond substituents is 1. The predicted octanol–water partition coefficient (Wildman–Crippen LogP) is 4.55. The fourth-order valence-corrected chi connectivity index (χ4v) is 5.79. The average molecular weight is 464 g/mol. The van der Waals surface area contributed by atoms with E-state index >= 15 is 0 Å². The fourth-order valence-electron chi connectivity index (χ4n) is 5.79. The number of likely N-dealkylation sites (tertiary alicyclic amines) is 1. The molecule has 0 amide bonds. The second kappa shape index (κ2) is 10.9. The summed E-state index contributed by atoms with van der Waals surface area (Å²) >= 11 is 0. The molecule has 0 saturated carbocycles. The minimum Gasteiger partial charge on any atom is -0.508 e. The van der Waals surface area contributed by atoms with Crippen LogP contribution < -0.4 is 4.90 Å². The molecule has 6 heteroatoms. The van der Waals surface area contributed by atoms with E-state index in [4.69, 9.17) is 0 Å². The summed E-state index contributed by atoms with van der Waals surface area (Å²) < 4.78 is 0. The first-order valence-electron chi connectivity index (χ1n) is 11.4. The van der Waals surface area contributed by atoms with Gasteiger partial charge in [0, 0.05) is 51.0 Å². The lowest BCUT2D eigenvalue weighted by Crippen LogP contribution is -2.52. The first kappa shape index (κ1) is 24.2. The van der Waals surface area contributed by atoms with Crippen molar-refractivity contribution >= 4 is 30.5 Å². The topological polar surface area (TPSA) is 30.0 Å². The predicted molar refractivity (Wildman–Crippen MR) is 133 cm³/mol. The molecule has 3 aliphatic rings. The number of fused-ring (bicyclic) bond motifs is 3. The van der Waals surface area contributed by atoms with E-state index < -0.39 is 0 Å². The number of nitrogens with zero attached hydrogens (tertiary/aromatic N) is 3. The number of anilines is 1. The van der Waals surface area contributed by atoms with Crippen LogP contribution in [0.4, 0.5) is 5.69 Å². The van der Waals surface area contributed by atoms with Crippen LogP contribution in [0.5, 0.6) is 5.75 Å². The number of hydrogen-bond acceptors (Lipinski definition) is 4. The van der Waals surface area contributed by atoms with E-state index in [2.05, 4.69) is 51.1 Å². The summed E-state index contributed by atoms with van der Waals surface area (Å²) in [5, 5.41) is 10.3. The maximum absolute atomic E-state index is 10.3. The highest BCUT2D eigenvalue weighted by molar-refractivity contribution is 5.85. The lowest BCUT2D eigenvalue weighted by molar-refractivity contribution is 0.0950. The van der Waals surface area contributed by atoms with E-state index in [1.54, 1.807) is 0 Å². The Kier molecular flexibility index (Phi) is 8.51. The van der Waals surface area contributed by atoms with Gasteiger partial charge in [-0.25, -0.2) is 0 Å². The van der Waals surface area contributed by atoms with E-state index in [9.17, 15) is 5.11 Å². The molecule has 1 aliphatic carbocycles. The minimum atomic E-state index is 0. The smallest absolute Gasteiger partial charge is 0.119 e. The zero-order chi connectivity index (χ0) is 19.6. The number of phenols is 1. The summed E-state index contributed by atoms with van der Waals surface area (Å²) in [5.74, 6) is 1.11. The first-order chi connectivity index (χ1) is 14.3. The van der Waals surface area contributed by atoms with Gasteiger partial charge in [-0.1, -0.05) is 30.3 Å². The summed E-state index contributed by atoms with van der Waals surface area (Å²) in [6.07, 6.45) is 4.76. The Morgan fingerprint density at radius 1 is 0.806 bits per heavy atom. The third-order valence-electron chi connectivity index (χ3n) is 7.37. The van der Waals surface area contributed by atoms with Gasteiger partial charge in [-0.3, -0.25) is 9.80 Å². The second-order valence-corrected chi connectivity index (χ2v) is 8.90. The van der Waals surface area contributed by atoms with Crippen molar-refractivity contribution in [2.45, 2.75) is 37.6 Å². The molecule has 0 spiro atoms. The van der Waals surface area contributed by atoms with Crippen molar-refractivity contribution in [2.24, 2.45) is 0 Å². The number of aromatic hydroxyl groups is 1. The Labute approximate surface area is 199 Å². The lowest BCUT2D eigenvalue weighted by atomic mass is 9.74. The summed E-state index contributed by atoms with van der Waals surface area (Å²) in [6.45, 7) is 8.17. The van der Waals surface area contributed by atoms with Crippen LogP contribution in [0.3, 0.4) is 0 Å². The lowest BCUT2D eigenvalue weighted by Gasteiger charge is -2.46. The number of rotatable bonds is 4. The van der Waals surface area contributed by atoms with Crippen molar-refractivity contribution < 1.29 is 5.11 Å². The molecule has 0 unspecified atom stereocenters. The molecule has 1 N–H and O–H groups in total. The molecule has 0 bridgehead atoms. The number of para-hydroxylation sites is 1. The maximum Gasteiger partial charge on any atom is 0.119 e. The van der Waals surface area contributed by atoms with Gasteiger partial charge in [-0.2, -0.15) is 0 Å². The van der Waals surface area contributed by atoms with Crippen LogP contribution in [-0.2, 0) is 6.42 Å². The van der Waals surface area contributed by atoms with Crippen molar-refractivity contribution in [3.8, 4) is 5.75 Å². The van der Waals surface area contributed by atoms with Crippen LogP contribution >= 0.6 is 24.8 Å². The molecule has 31 heavy (non-hydrogen) atoms. The van der Waals surface area contributed by atoms with Gasteiger partial charge in [0.15, 0.2) is 0 Å². The van der Waals surface area contributed by atoms with Crippen molar-refractivity contribution in [1.82, 2.24) is 9.80 Å². The van der Waals surface area contributed by atoms with Crippen molar-refractivity contribution in [1.29, 1.82) is 0 Å². The zero-order valence-corrected chi connectivity index (χ0v) is 19.8. The molecular weight excluding hydrogens is 429 g/mol. The van der Waals surface area contributed by atoms with Crippen LogP contribution in [0.25, 0.3) is 0 Å². The fraction of sp³-hybridized carbons (Fsp3) is 0.520. The molecule has 5 rings (SSSR count). The van der Waals surface area contributed by atoms with Gasteiger partial charge in [0.2, 0.25) is 0 Å². The van der Waals surface area contributed by atoms with Crippen molar-refractivity contribution in [3.63, 3.8) is 0 Å². The van der Waals surface area contributed by atoms with Gasteiger partial charge in [-0.15, -0.1) is 24.8 Å². The molecule has 2 heterocycles. The number of piperazine rings is 1. The van der Waals surface area contributed by atoms with Crippen LogP contribution in [0, 0.1) is 0 Å². The highest BCUT2D eigenvalue weighted by Gasteiger charge is 2.37. The van der Waals surface area contributed by atoms with Crippen molar-refractivity contribution in [3.05, 3.63) is 59.7 Å². The third-order valence-corrected chi connectivity index (χ3v) is 7.37. The van der Waals surface area contributed by atoms with Gasteiger partial charge < -0.3 is 10.0 Å². The molecule has 2 aliphatic heterocycles. The van der Waals surface area contributed by atoms with Gasteiger partial charge in [-0.05, 0) is 67.5 Å². The third kappa shape index (κ3) is 5.14. The Balaban J connectivity index is 0.00000136. The molecule has 2 aromatic carbocycles. The van der Waals surface area contributed by atoms with Crippen LogP contribution in [0.15, 0.2) is 48.5 Å². The summed E-state index contributed by atoms with van der Waals surface area (Å²) in [5.41, 5.74) is 3.99. The summed E-state index contributed by atoms with van der Waals surface area (Å²) in [4.78, 5) is 7.91. The van der Waals surface area contributed by atoms with E-state index in [-0.39, 0.29) is 24.8 Å². The van der Waals surface area contributed by atoms with Crippen LogP contribution in [0.2, 0.25) is 0 Å². The monoisotopic (exact) mass is 463 g/mol. The molecule has 4 nitrogen and oxygen atoms in total. The quantitative estimate of drug-likeness (QED) is 0.719.